The molecule has 1 aromatic carbocycles. The molecule has 3 nitrogen and oxygen atoms in total. The van der Waals surface area contributed by atoms with Gasteiger partial charge < -0.3 is 0 Å². The number of nitrogens with zero attached hydrogens (tertiary/aromatic N) is 3. The lowest BCUT2D eigenvalue weighted by Gasteiger charge is -2.09. The third-order valence-corrected chi connectivity index (χ3v) is 2.74. The lowest BCUT2D eigenvalue weighted by atomic mass is 10.00. The van der Waals surface area contributed by atoms with Crippen molar-refractivity contribution < 1.29 is 13.2 Å². The summed E-state index contributed by atoms with van der Waals surface area (Å²) in [5, 5.41) is 13.0. The molecule has 6 heteroatoms. The van der Waals surface area contributed by atoms with Gasteiger partial charge in [0.05, 0.1) is 23.4 Å². The molecule has 0 fully saturated rings. The highest BCUT2D eigenvalue weighted by Gasteiger charge is 2.31. The van der Waals surface area contributed by atoms with Gasteiger partial charge in [-0.25, -0.2) is 0 Å². The van der Waals surface area contributed by atoms with Crippen LogP contribution in [0.1, 0.15) is 18.1 Å². The van der Waals surface area contributed by atoms with E-state index in [4.69, 9.17) is 5.26 Å². The first-order chi connectivity index (χ1) is 8.95. The van der Waals surface area contributed by atoms with Gasteiger partial charge in [-0.1, -0.05) is 0 Å². The first-order valence-electron chi connectivity index (χ1n) is 5.60. The molecule has 1 aromatic heterocycles. The van der Waals surface area contributed by atoms with Gasteiger partial charge in [-0.2, -0.15) is 23.5 Å². The molecule has 0 bridgehead atoms. The fourth-order valence-corrected chi connectivity index (χ4v) is 1.73. The molecule has 2 aromatic rings. The zero-order valence-corrected chi connectivity index (χ0v) is 10.1. The lowest BCUT2D eigenvalue weighted by molar-refractivity contribution is -0.137. The van der Waals surface area contributed by atoms with Crippen LogP contribution in [0.3, 0.4) is 0 Å². The summed E-state index contributed by atoms with van der Waals surface area (Å²) in [4.78, 5) is 0. The summed E-state index contributed by atoms with van der Waals surface area (Å²) in [6.45, 7) is 2.48. The minimum Gasteiger partial charge on any atom is -0.272 e. The van der Waals surface area contributed by atoms with E-state index < -0.39 is 11.7 Å². The maximum Gasteiger partial charge on any atom is 0.416 e. The van der Waals surface area contributed by atoms with Gasteiger partial charge in [-0.3, -0.25) is 4.68 Å². The Morgan fingerprint density at radius 1 is 1.37 bits per heavy atom. The average molecular weight is 265 g/mol. The number of halogens is 3. The van der Waals surface area contributed by atoms with Crippen LogP contribution in [-0.4, -0.2) is 9.78 Å². The Morgan fingerprint density at radius 3 is 2.63 bits per heavy atom. The van der Waals surface area contributed by atoms with Gasteiger partial charge in [0.1, 0.15) is 0 Å². The van der Waals surface area contributed by atoms with Crippen molar-refractivity contribution in [2.24, 2.45) is 0 Å². The summed E-state index contributed by atoms with van der Waals surface area (Å²) in [7, 11) is 0. The summed E-state index contributed by atoms with van der Waals surface area (Å²) in [6, 6.07) is 4.97. The second-order valence-electron chi connectivity index (χ2n) is 3.95. The summed E-state index contributed by atoms with van der Waals surface area (Å²) in [5.41, 5.74) is 0.177. The van der Waals surface area contributed by atoms with Crippen molar-refractivity contribution in [1.29, 1.82) is 5.26 Å². The summed E-state index contributed by atoms with van der Waals surface area (Å²) in [6.07, 6.45) is -1.35. The van der Waals surface area contributed by atoms with E-state index in [-0.39, 0.29) is 11.1 Å². The number of rotatable bonds is 2. The molecule has 0 aliphatic rings. The zero-order chi connectivity index (χ0) is 14.0. The number of alkyl halides is 3. The molecule has 98 valence electrons. The number of hydrogen-bond donors (Lipinski definition) is 0. The topological polar surface area (TPSA) is 41.6 Å². The number of aromatic nitrogens is 2. The zero-order valence-electron chi connectivity index (χ0n) is 10.1. The number of hydrogen-bond acceptors (Lipinski definition) is 2. The normalized spacial score (nSPS) is 11.3. The van der Waals surface area contributed by atoms with Gasteiger partial charge >= 0.3 is 6.18 Å². The first-order valence-corrected chi connectivity index (χ1v) is 5.60. The van der Waals surface area contributed by atoms with Crippen LogP contribution in [0.2, 0.25) is 0 Å². The van der Waals surface area contributed by atoms with E-state index in [9.17, 15) is 13.2 Å². The van der Waals surface area contributed by atoms with E-state index in [1.165, 1.54) is 12.3 Å². The predicted molar refractivity (Wildman–Crippen MR) is 63.1 cm³/mol. The van der Waals surface area contributed by atoms with Gasteiger partial charge in [-0.05, 0) is 25.1 Å². The third-order valence-electron chi connectivity index (χ3n) is 2.74. The van der Waals surface area contributed by atoms with E-state index in [1.807, 2.05) is 13.0 Å². The molecule has 0 unspecified atom stereocenters. The lowest BCUT2D eigenvalue weighted by Crippen LogP contribution is -2.05. The van der Waals surface area contributed by atoms with E-state index in [1.54, 1.807) is 10.9 Å². The number of nitriles is 1. The van der Waals surface area contributed by atoms with Gasteiger partial charge in [0.2, 0.25) is 0 Å². The Balaban J connectivity index is 2.57. The van der Waals surface area contributed by atoms with E-state index in [0.29, 0.717) is 12.1 Å². The number of aryl methyl sites for hydroxylation is 1. The molecular formula is C13H10F3N3. The van der Waals surface area contributed by atoms with Crippen LogP contribution in [0.5, 0.6) is 0 Å². The molecule has 19 heavy (non-hydrogen) atoms. The highest BCUT2D eigenvalue weighted by Crippen LogP contribution is 2.33. The van der Waals surface area contributed by atoms with Crippen LogP contribution >= 0.6 is 0 Å². The standard InChI is InChI=1S/C13H10F3N3/c1-2-19-8-10(7-18-19)12-5-11(13(14,15)16)4-3-9(12)6-17/h3-5,7-8H,2H2,1H3. The summed E-state index contributed by atoms with van der Waals surface area (Å²) >= 11 is 0. The molecule has 0 atom stereocenters. The molecule has 0 saturated carbocycles. The molecule has 0 spiro atoms. The fraction of sp³-hybridized carbons (Fsp3) is 0.231. The van der Waals surface area contributed by atoms with Crippen molar-refractivity contribution in [2.75, 3.05) is 0 Å². The SMILES string of the molecule is CCn1cc(-c2cc(C(F)(F)F)ccc2C#N)cn1. The molecule has 2 rings (SSSR count). The Labute approximate surface area is 107 Å². The predicted octanol–water partition coefficient (Wildman–Crippen LogP) is 3.46. The van der Waals surface area contributed by atoms with Gasteiger partial charge in [-0.15, -0.1) is 0 Å². The maximum absolute atomic E-state index is 12.7. The Morgan fingerprint density at radius 2 is 2.11 bits per heavy atom. The fourth-order valence-electron chi connectivity index (χ4n) is 1.73. The molecule has 0 radical (unpaired) electrons. The first kappa shape index (κ1) is 13.1. The Bertz CT molecular complexity index is 635. The van der Waals surface area contributed by atoms with Crippen molar-refractivity contribution in [2.45, 2.75) is 19.6 Å². The quantitative estimate of drug-likeness (QED) is 0.834. The van der Waals surface area contributed by atoms with E-state index >= 15 is 0 Å². The van der Waals surface area contributed by atoms with Crippen molar-refractivity contribution in [3.63, 3.8) is 0 Å². The second kappa shape index (κ2) is 4.76. The maximum atomic E-state index is 12.7. The van der Waals surface area contributed by atoms with Crippen molar-refractivity contribution >= 4 is 0 Å². The smallest absolute Gasteiger partial charge is 0.272 e. The minimum absolute atomic E-state index is 0.198. The van der Waals surface area contributed by atoms with Crippen LogP contribution in [-0.2, 0) is 12.7 Å². The summed E-state index contributed by atoms with van der Waals surface area (Å²) in [5.74, 6) is 0. The van der Waals surface area contributed by atoms with Crippen molar-refractivity contribution in [3.05, 3.63) is 41.7 Å². The van der Waals surface area contributed by atoms with Gasteiger partial charge in [0, 0.05) is 23.9 Å². The highest BCUT2D eigenvalue weighted by atomic mass is 19.4. The third kappa shape index (κ3) is 2.60. The van der Waals surface area contributed by atoms with Crippen LogP contribution < -0.4 is 0 Å². The summed E-state index contributed by atoms with van der Waals surface area (Å²) < 4.78 is 39.7. The van der Waals surface area contributed by atoms with Crippen molar-refractivity contribution in [3.8, 4) is 17.2 Å². The highest BCUT2D eigenvalue weighted by molar-refractivity contribution is 5.70. The Kier molecular flexibility index (Phi) is 3.30. The van der Waals surface area contributed by atoms with Crippen LogP contribution in [0.25, 0.3) is 11.1 Å². The number of benzene rings is 1. The van der Waals surface area contributed by atoms with E-state index in [2.05, 4.69) is 5.10 Å². The van der Waals surface area contributed by atoms with Gasteiger partial charge in [0.15, 0.2) is 0 Å². The molecule has 0 aliphatic heterocycles. The largest absolute Gasteiger partial charge is 0.416 e. The van der Waals surface area contributed by atoms with Crippen LogP contribution in [0.15, 0.2) is 30.6 Å². The van der Waals surface area contributed by atoms with Gasteiger partial charge in [0.25, 0.3) is 0 Å². The molecular weight excluding hydrogens is 255 g/mol. The van der Waals surface area contributed by atoms with Crippen LogP contribution in [0.4, 0.5) is 13.2 Å². The minimum atomic E-state index is -4.43. The average Bonchev–Trinajstić information content (AvgIpc) is 2.85. The van der Waals surface area contributed by atoms with E-state index in [0.717, 1.165) is 12.1 Å². The van der Waals surface area contributed by atoms with Crippen LogP contribution in [0, 0.1) is 11.3 Å². The monoisotopic (exact) mass is 265 g/mol. The second-order valence-corrected chi connectivity index (χ2v) is 3.95. The molecule has 1 heterocycles. The van der Waals surface area contributed by atoms with Crippen molar-refractivity contribution in [1.82, 2.24) is 9.78 Å². The molecule has 0 saturated heterocycles. The molecule has 0 amide bonds. The molecule has 0 N–H and O–H groups in total. The molecule has 0 aliphatic carbocycles. The Hall–Kier alpha value is -2.29.